The van der Waals surface area contributed by atoms with Crippen molar-refractivity contribution in [2.24, 2.45) is 5.10 Å². The van der Waals surface area contributed by atoms with Crippen molar-refractivity contribution in [3.05, 3.63) is 83.0 Å². The molecule has 26 heavy (non-hydrogen) atoms. The number of pyridine rings is 1. The van der Waals surface area contributed by atoms with Crippen LogP contribution in [0.4, 0.5) is 5.82 Å². The summed E-state index contributed by atoms with van der Waals surface area (Å²) in [5.41, 5.74) is 5.64. The zero-order valence-electron chi connectivity index (χ0n) is 14.4. The second kappa shape index (κ2) is 8.36. The molecule has 5 nitrogen and oxygen atoms in total. The van der Waals surface area contributed by atoms with E-state index in [4.69, 9.17) is 21.1 Å². The first-order valence-electron chi connectivity index (χ1n) is 7.93. The Labute approximate surface area is 157 Å². The summed E-state index contributed by atoms with van der Waals surface area (Å²) < 4.78 is 10.5. The van der Waals surface area contributed by atoms with E-state index in [0.717, 1.165) is 28.3 Å². The van der Waals surface area contributed by atoms with Gasteiger partial charge in [-0.15, -0.1) is 0 Å². The lowest BCUT2D eigenvalue weighted by atomic mass is 10.0. The zero-order chi connectivity index (χ0) is 18.4. The van der Waals surface area contributed by atoms with Crippen molar-refractivity contribution in [1.29, 1.82) is 0 Å². The van der Waals surface area contributed by atoms with Crippen molar-refractivity contribution in [3.8, 4) is 11.5 Å². The number of rotatable bonds is 6. The lowest BCUT2D eigenvalue weighted by molar-refractivity contribution is 0.414. The zero-order valence-corrected chi connectivity index (χ0v) is 15.2. The molecule has 0 fully saturated rings. The van der Waals surface area contributed by atoms with Gasteiger partial charge in [-0.05, 0) is 60.7 Å². The monoisotopic (exact) mass is 367 g/mol. The van der Waals surface area contributed by atoms with Crippen LogP contribution >= 0.6 is 11.6 Å². The van der Waals surface area contributed by atoms with Gasteiger partial charge in [0, 0.05) is 17.3 Å². The number of nitrogens with one attached hydrogen (secondary N) is 1. The number of benzene rings is 2. The quantitative estimate of drug-likeness (QED) is 0.510. The number of hydrogen-bond donors (Lipinski definition) is 1. The maximum atomic E-state index is 5.87. The van der Waals surface area contributed by atoms with Crippen LogP contribution in [0.5, 0.6) is 11.5 Å². The number of halogens is 1. The largest absolute Gasteiger partial charge is 0.497 e. The highest BCUT2D eigenvalue weighted by molar-refractivity contribution is 6.30. The van der Waals surface area contributed by atoms with E-state index in [-0.39, 0.29) is 0 Å². The van der Waals surface area contributed by atoms with Gasteiger partial charge in [0.25, 0.3) is 0 Å². The van der Waals surface area contributed by atoms with Crippen LogP contribution in [0.3, 0.4) is 0 Å². The minimum Gasteiger partial charge on any atom is -0.497 e. The maximum absolute atomic E-state index is 5.87. The number of aromatic nitrogens is 1. The maximum Gasteiger partial charge on any atom is 0.146 e. The van der Waals surface area contributed by atoms with Crippen LogP contribution in [0.15, 0.2) is 72.0 Å². The fraction of sp³-hybridized carbons (Fsp3) is 0.100. The van der Waals surface area contributed by atoms with Crippen molar-refractivity contribution in [2.75, 3.05) is 19.6 Å². The molecular formula is C20H18ClN3O2. The summed E-state index contributed by atoms with van der Waals surface area (Å²) in [6.07, 6.45) is 1.57. The average Bonchev–Trinajstić information content (AvgIpc) is 2.70. The van der Waals surface area contributed by atoms with Crippen molar-refractivity contribution in [1.82, 2.24) is 4.98 Å². The molecule has 0 amide bonds. The minimum atomic E-state index is 0.574. The highest BCUT2D eigenvalue weighted by Crippen LogP contribution is 2.19. The number of ether oxygens (including phenoxy) is 2. The third kappa shape index (κ3) is 4.32. The first kappa shape index (κ1) is 17.8. The summed E-state index contributed by atoms with van der Waals surface area (Å²) in [5, 5.41) is 5.13. The molecule has 1 heterocycles. The molecule has 0 unspecified atom stereocenters. The lowest BCUT2D eigenvalue weighted by Gasteiger charge is -2.10. The van der Waals surface area contributed by atoms with Crippen LogP contribution in [0.1, 0.15) is 11.1 Å². The number of hydrazone groups is 1. The molecule has 0 aliphatic rings. The number of nitrogens with zero attached hydrogens (tertiary/aromatic N) is 2. The van der Waals surface area contributed by atoms with Crippen LogP contribution in [0.25, 0.3) is 0 Å². The van der Waals surface area contributed by atoms with Crippen LogP contribution < -0.4 is 14.9 Å². The summed E-state index contributed by atoms with van der Waals surface area (Å²) >= 11 is 5.87. The van der Waals surface area contributed by atoms with Gasteiger partial charge in [0.15, 0.2) is 0 Å². The molecule has 2 aromatic carbocycles. The van der Waals surface area contributed by atoms with Crippen LogP contribution in [0, 0.1) is 0 Å². The molecule has 132 valence electrons. The van der Waals surface area contributed by atoms with Gasteiger partial charge in [0.05, 0.1) is 25.0 Å². The number of hydrogen-bond acceptors (Lipinski definition) is 5. The summed E-state index contributed by atoms with van der Waals surface area (Å²) in [7, 11) is 3.28. The summed E-state index contributed by atoms with van der Waals surface area (Å²) in [6, 6.07) is 18.9. The van der Waals surface area contributed by atoms with Gasteiger partial charge < -0.3 is 9.47 Å². The van der Waals surface area contributed by atoms with Crippen molar-refractivity contribution < 1.29 is 9.47 Å². The number of methoxy groups -OCH3 is 2. The Kier molecular flexibility index (Phi) is 5.71. The number of anilines is 1. The summed E-state index contributed by atoms with van der Waals surface area (Å²) in [4.78, 5) is 4.20. The average molecular weight is 368 g/mol. The smallest absolute Gasteiger partial charge is 0.146 e. The van der Waals surface area contributed by atoms with Crippen LogP contribution in [-0.2, 0) is 0 Å². The molecule has 0 atom stereocenters. The molecule has 1 N–H and O–H groups in total. The standard InChI is InChI=1S/C20H18ClN3O2/c1-25-17-8-3-14(4-9-17)20(15-5-10-18(26-2)11-6-15)24-23-19-12-7-16(21)13-22-19/h3-13H,1-2H3,(H,22,23). The first-order chi connectivity index (χ1) is 12.7. The molecular weight excluding hydrogens is 350 g/mol. The molecule has 0 radical (unpaired) electrons. The van der Waals surface area contributed by atoms with Gasteiger partial charge in [-0.3, -0.25) is 5.43 Å². The van der Waals surface area contributed by atoms with E-state index in [2.05, 4.69) is 15.5 Å². The lowest BCUT2D eigenvalue weighted by Crippen LogP contribution is -2.07. The Morgan fingerprint density at radius 1 is 0.846 bits per heavy atom. The fourth-order valence-electron chi connectivity index (χ4n) is 2.35. The molecule has 0 spiro atoms. The Bertz CT molecular complexity index is 827. The molecule has 6 heteroatoms. The summed E-state index contributed by atoms with van der Waals surface area (Å²) in [5.74, 6) is 2.18. The van der Waals surface area contributed by atoms with E-state index >= 15 is 0 Å². The Morgan fingerprint density at radius 2 is 1.38 bits per heavy atom. The molecule has 3 aromatic rings. The van der Waals surface area contributed by atoms with E-state index < -0.39 is 0 Å². The Balaban J connectivity index is 1.96. The predicted octanol–water partition coefficient (Wildman–Crippen LogP) is 4.62. The molecule has 1 aromatic heterocycles. The van der Waals surface area contributed by atoms with Gasteiger partial charge in [0.1, 0.15) is 17.3 Å². The van der Waals surface area contributed by atoms with Gasteiger partial charge in [-0.2, -0.15) is 5.10 Å². The van der Waals surface area contributed by atoms with Crippen molar-refractivity contribution in [2.45, 2.75) is 0 Å². The molecule has 0 bridgehead atoms. The highest BCUT2D eigenvalue weighted by atomic mass is 35.5. The second-order valence-corrected chi connectivity index (χ2v) is 5.83. The Hall–Kier alpha value is -3.05. The third-order valence-electron chi connectivity index (χ3n) is 3.74. The Morgan fingerprint density at radius 3 is 1.81 bits per heavy atom. The first-order valence-corrected chi connectivity index (χ1v) is 8.31. The molecule has 0 saturated carbocycles. The molecule has 0 aliphatic heterocycles. The minimum absolute atomic E-state index is 0.574. The van der Waals surface area contributed by atoms with Gasteiger partial charge >= 0.3 is 0 Å². The van der Waals surface area contributed by atoms with Crippen LogP contribution in [-0.4, -0.2) is 24.9 Å². The van der Waals surface area contributed by atoms with E-state index in [9.17, 15) is 0 Å². The van der Waals surface area contributed by atoms with Crippen molar-refractivity contribution in [3.63, 3.8) is 0 Å². The predicted molar refractivity (Wildman–Crippen MR) is 104 cm³/mol. The fourth-order valence-corrected chi connectivity index (χ4v) is 2.46. The second-order valence-electron chi connectivity index (χ2n) is 5.39. The normalized spacial score (nSPS) is 10.1. The van der Waals surface area contributed by atoms with Gasteiger partial charge in [-0.1, -0.05) is 11.6 Å². The van der Waals surface area contributed by atoms with Gasteiger partial charge in [-0.25, -0.2) is 4.98 Å². The van der Waals surface area contributed by atoms with E-state index in [1.165, 1.54) is 0 Å². The van der Waals surface area contributed by atoms with Crippen LogP contribution in [0.2, 0.25) is 5.02 Å². The third-order valence-corrected chi connectivity index (χ3v) is 3.96. The van der Waals surface area contributed by atoms with Gasteiger partial charge in [0.2, 0.25) is 0 Å². The summed E-state index contributed by atoms with van der Waals surface area (Å²) in [6.45, 7) is 0. The SMILES string of the molecule is COc1ccc(C(=NNc2ccc(Cl)cn2)c2ccc(OC)cc2)cc1. The molecule has 3 rings (SSSR count). The highest BCUT2D eigenvalue weighted by Gasteiger charge is 2.09. The van der Waals surface area contributed by atoms with E-state index in [1.807, 2.05) is 48.5 Å². The van der Waals surface area contributed by atoms with Crippen molar-refractivity contribution >= 4 is 23.1 Å². The molecule has 0 saturated heterocycles. The van der Waals surface area contributed by atoms with E-state index in [1.54, 1.807) is 32.5 Å². The van der Waals surface area contributed by atoms with E-state index in [0.29, 0.717) is 10.8 Å². The molecule has 0 aliphatic carbocycles. The topological polar surface area (TPSA) is 55.7 Å².